The lowest BCUT2D eigenvalue weighted by atomic mass is 9.93. The van der Waals surface area contributed by atoms with Crippen LogP contribution in [0.3, 0.4) is 0 Å². The average Bonchev–Trinajstić information content (AvgIpc) is 2.59. The minimum absolute atomic E-state index is 0.0110. The van der Waals surface area contributed by atoms with Crippen molar-refractivity contribution in [3.8, 4) is 0 Å². The van der Waals surface area contributed by atoms with Crippen LogP contribution in [0.2, 0.25) is 0 Å². The molecule has 1 aromatic heterocycles. The fraction of sp³-hybridized carbons (Fsp3) is 0.600. The van der Waals surface area contributed by atoms with Gasteiger partial charge in [-0.25, -0.2) is 0 Å². The monoisotopic (exact) mass is 208 g/mol. The van der Waals surface area contributed by atoms with Gasteiger partial charge in [-0.3, -0.25) is 9.48 Å². The van der Waals surface area contributed by atoms with Gasteiger partial charge < -0.3 is 10.6 Å². The summed E-state index contributed by atoms with van der Waals surface area (Å²) in [5, 5.41) is 4.11. The van der Waals surface area contributed by atoms with Gasteiger partial charge in [0, 0.05) is 38.3 Å². The molecule has 1 saturated heterocycles. The van der Waals surface area contributed by atoms with E-state index < -0.39 is 0 Å². The second kappa shape index (κ2) is 3.66. The van der Waals surface area contributed by atoms with E-state index in [4.69, 9.17) is 5.73 Å². The number of likely N-dealkylation sites (N-methyl/N-ethyl adjacent to an activating group) is 1. The van der Waals surface area contributed by atoms with E-state index in [-0.39, 0.29) is 18.0 Å². The predicted molar refractivity (Wildman–Crippen MR) is 55.9 cm³/mol. The van der Waals surface area contributed by atoms with E-state index in [0.717, 1.165) is 12.0 Å². The Balaban J connectivity index is 2.28. The molecule has 0 spiro atoms. The maximum atomic E-state index is 11.6. The summed E-state index contributed by atoms with van der Waals surface area (Å²) in [6.07, 6.45) is 5.00. The molecule has 15 heavy (non-hydrogen) atoms. The van der Waals surface area contributed by atoms with Crippen LogP contribution in [0.4, 0.5) is 0 Å². The highest BCUT2D eigenvalue weighted by molar-refractivity contribution is 5.77. The number of hydrogen-bond acceptors (Lipinski definition) is 3. The number of hydrogen-bond donors (Lipinski definition) is 1. The molecule has 1 aromatic rings. The van der Waals surface area contributed by atoms with Crippen LogP contribution < -0.4 is 5.73 Å². The molecule has 0 bridgehead atoms. The lowest BCUT2D eigenvalue weighted by Gasteiger charge is -2.36. The minimum Gasteiger partial charge on any atom is -0.337 e. The second-order valence-electron chi connectivity index (χ2n) is 4.10. The van der Waals surface area contributed by atoms with Crippen LogP contribution in [-0.4, -0.2) is 33.7 Å². The van der Waals surface area contributed by atoms with Crippen molar-refractivity contribution in [2.24, 2.45) is 12.8 Å². The minimum atomic E-state index is -0.0278. The number of carbonyl (C=O) groups is 1. The largest absolute Gasteiger partial charge is 0.337 e. The number of nitrogens with zero attached hydrogens (tertiary/aromatic N) is 3. The summed E-state index contributed by atoms with van der Waals surface area (Å²) in [6.45, 7) is 0. The van der Waals surface area contributed by atoms with Crippen LogP contribution in [0.1, 0.15) is 24.4 Å². The summed E-state index contributed by atoms with van der Waals surface area (Å²) in [6, 6.07) is -0.0168. The van der Waals surface area contributed by atoms with E-state index in [1.54, 1.807) is 22.8 Å². The van der Waals surface area contributed by atoms with E-state index in [1.807, 2.05) is 13.2 Å². The maximum Gasteiger partial charge on any atom is 0.222 e. The second-order valence-corrected chi connectivity index (χ2v) is 4.10. The lowest BCUT2D eigenvalue weighted by molar-refractivity contribution is -0.135. The van der Waals surface area contributed by atoms with E-state index >= 15 is 0 Å². The van der Waals surface area contributed by atoms with E-state index in [9.17, 15) is 4.79 Å². The number of piperidine rings is 1. The number of carbonyl (C=O) groups excluding carboxylic acids is 1. The van der Waals surface area contributed by atoms with Crippen LogP contribution in [0.15, 0.2) is 12.4 Å². The van der Waals surface area contributed by atoms with Crippen molar-refractivity contribution >= 4 is 5.91 Å². The summed E-state index contributed by atoms with van der Waals surface area (Å²) >= 11 is 0. The van der Waals surface area contributed by atoms with Crippen molar-refractivity contribution < 1.29 is 4.79 Å². The zero-order valence-electron chi connectivity index (χ0n) is 9.05. The maximum absolute atomic E-state index is 11.6. The molecule has 2 heterocycles. The lowest BCUT2D eigenvalue weighted by Crippen LogP contribution is -2.46. The molecule has 0 radical (unpaired) electrons. The Morgan fingerprint density at radius 1 is 1.53 bits per heavy atom. The number of likely N-dealkylation sites (tertiary alicyclic amines) is 1. The smallest absolute Gasteiger partial charge is 0.222 e. The SMILES string of the molecule is CN1C(=O)CCC(N)C1c1cnn(C)c1. The van der Waals surface area contributed by atoms with Gasteiger partial charge in [0.1, 0.15) is 0 Å². The molecule has 2 atom stereocenters. The first kappa shape index (κ1) is 10.2. The summed E-state index contributed by atoms with van der Waals surface area (Å²) in [7, 11) is 3.67. The molecular weight excluding hydrogens is 192 g/mol. The van der Waals surface area contributed by atoms with Gasteiger partial charge in [0.15, 0.2) is 0 Å². The van der Waals surface area contributed by atoms with Crippen molar-refractivity contribution in [2.45, 2.75) is 24.9 Å². The molecule has 5 heteroatoms. The Hall–Kier alpha value is -1.36. The highest BCUT2D eigenvalue weighted by Gasteiger charge is 2.32. The zero-order valence-corrected chi connectivity index (χ0v) is 9.05. The third-order valence-electron chi connectivity index (χ3n) is 2.97. The van der Waals surface area contributed by atoms with Crippen molar-refractivity contribution in [1.82, 2.24) is 14.7 Å². The molecular formula is C10H16N4O. The van der Waals surface area contributed by atoms with Crippen LogP contribution >= 0.6 is 0 Å². The van der Waals surface area contributed by atoms with Crippen LogP contribution in [-0.2, 0) is 11.8 Å². The fourth-order valence-electron chi connectivity index (χ4n) is 2.13. The standard InChI is InChI=1S/C10H16N4O/c1-13-6-7(5-12-13)10-8(11)3-4-9(15)14(10)2/h5-6,8,10H,3-4,11H2,1-2H3. The molecule has 5 nitrogen and oxygen atoms in total. The normalized spacial score (nSPS) is 27.1. The summed E-state index contributed by atoms with van der Waals surface area (Å²) in [5.41, 5.74) is 7.06. The third kappa shape index (κ3) is 1.74. The molecule has 0 aromatic carbocycles. The van der Waals surface area contributed by atoms with Gasteiger partial charge in [-0.1, -0.05) is 0 Å². The number of rotatable bonds is 1. The van der Waals surface area contributed by atoms with Crippen molar-refractivity contribution in [3.05, 3.63) is 18.0 Å². The molecule has 1 aliphatic heterocycles. The van der Waals surface area contributed by atoms with Crippen molar-refractivity contribution in [1.29, 1.82) is 0 Å². The Labute approximate surface area is 88.8 Å². The van der Waals surface area contributed by atoms with Crippen molar-refractivity contribution in [2.75, 3.05) is 7.05 Å². The van der Waals surface area contributed by atoms with E-state index in [1.165, 1.54) is 0 Å². The van der Waals surface area contributed by atoms with Gasteiger partial charge in [-0.05, 0) is 6.42 Å². The quantitative estimate of drug-likeness (QED) is 0.708. The summed E-state index contributed by atoms with van der Waals surface area (Å²) < 4.78 is 1.73. The topological polar surface area (TPSA) is 64.2 Å². The number of nitrogens with two attached hydrogens (primary N) is 1. The molecule has 2 rings (SSSR count). The Kier molecular flexibility index (Phi) is 2.48. The van der Waals surface area contributed by atoms with Gasteiger partial charge in [0.2, 0.25) is 5.91 Å². The highest BCUT2D eigenvalue weighted by atomic mass is 16.2. The first-order valence-electron chi connectivity index (χ1n) is 5.09. The molecule has 0 aliphatic carbocycles. The predicted octanol–water partition coefficient (Wildman–Crippen LogP) is 0.0407. The summed E-state index contributed by atoms with van der Waals surface area (Å²) in [5.74, 6) is 0.158. The molecule has 82 valence electrons. The number of aryl methyl sites for hydroxylation is 1. The number of aromatic nitrogens is 2. The number of amides is 1. The Bertz CT molecular complexity index is 373. The molecule has 1 amide bonds. The first-order valence-corrected chi connectivity index (χ1v) is 5.09. The molecule has 1 aliphatic rings. The molecule has 2 unspecified atom stereocenters. The molecule has 0 saturated carbocycles. The van der Waals surface area contributed by atoms with Crippen LogP contribution in [0, 0.1) is 0 Å². The molecule has 1 fully saturated rings. The Morgan fingerprint density at radius 3 is 2.87 bits per heavy atom. The third-order valence-corrected chi connectivity index (χ3v) is 2.97. The van der Waals surface area contributed by atoms with Gasteiger partial charge >= 0.3 is 0 Å². The van der Waals surface area contributed by atoms with Gasteiger partial charge in [0.25, 0.3) is 0 Å². The first-order chi connectivity index (χ1) is 7.09. The van der Waals surface area contributed by atoms with Gasteiger partial charge in [-0.2, -0.15) is 5.10 Å². The molecule has 2 N–H and O–H groups in total. The fourth-order valence-corrected chi connectivity index (χ4v) is 2.13. The average molecular weight is 208 g/mol. The van der Waals surface area contributed by atoms with E-state index in [0.29, 0.717) is 6.42 Å². The van der Waals surface area contributed by atoms with Crippen LogP contribution in [0.5, 0.6) is 0 Å². The summed E-state index contributed by atoms with van der Waals surface area (Å²) in [4.78, 5) is 13.3. The van der Waals surface area contributed by atoms with Crippen molar-refractivity contribution in [3.63, 3.8) is 0 Å². The van der Waals surface area contributed by atoms with E-state index in [2.05, 4.69) is 5.10 Å². The zero-order chi connectivity index (χ0) is 11.0. The van der Waals surface area contributed by atoms with Gasteiger partial charge in [-0.15, -0.1) is 0 Å². The Morgan fingerprint density at radius 2 is 2.27 bits per heavy atom. The highest BCUT2D eigenvalue weighted by Crippen LogP contribution is 2.28. The van der Waals surface area contributed by atoms with Gasteiger partial charge in [0.05, 0.1) is 12.2 Å². The van der Waals surface area contributed by atoms with Crippen LogP contribution in [0.25, 0.3) is 0 Å².